The summed E-state index contributed by atoms with van der Waals surface area (Å²) in [6.07, 6.45) is 1.74. The van der Waals surface area contributed by atoms with E-state index in [0.29, 0.717) is 19.1 Å². The number of nitrogens with one attached hydrogen (secondary N) is 1. The van der Waals surface area contributed by atoms with Crippen molar-refractivity contribution < 1.29 is 14.3 Å². The molecule has 1 aliphatic heterocycles. The highest BCUT2D eigenvalue weighted by Gasteiger charge is 2.31. The smallest absolute Gasteiger partial charge is 0.310 e. The van der Waals surface area contributed by atoms with E-state index in [2.05, 4.69) is 24.1 Å². The highest BCUT2D eigenvalue weighted by Crippen LogP contribution is 2.21. The first kappa shape index (κ1) is 19.4. The number of hydrogen-bond acceptors (Lipinski definition) is 4. The predicted molar refractivity (Wildman–Crippen MR) is 99.6 cm³/mol. The van der Waals surface area contributed by atoms with Crippen molar-refractivity contribution in [1.82, 2.24) is 4.90 Å². The van der Waals surface area contributed by atoms with Gasteiger partial charge in [0, 0.05) is 12.2 Å². The number of carbonyl (C=O) groups is 2. The van der Waals surface area contributed by atoms with Crippen LogP contribution in [0.2, 0.25) is 0 Å². The molecule has 1 heterocycles. The van der Waals surface area contributed by atoms with Gasteiger partial charge in [0.2, 0.25) is 5.91 Å². The fourth-order valence-corrected chi connectivity index (χ4v) is 3.17. The average Bonchev–Trinajstić information content (AvgIpc) is 2.61. The Balaban J connectivity index is 1.93. The molecule has 1 saturated heterocycles. The Labute approximate surface area is 150 Å². The standard InChI is InChI=1S/C20H30N2O3/c1-5-25-20(24)17-7-6-12-22(13-17)15(4)19(23)21-18-10-8-16(9-11-18)14(2)3/h8-11,14-15,17H,5-7,12-13H2,1-4H3,(H,21,23)/t15-,17+/m0/s1. The van der Waals surface area contributed by atoms with Crippen molar-refractivity contribution in [2.24, 2.45) is 5.92 Å². The Morgan fingerprint density at radius 2 is 1.92 bits per heavy atom. The van der Waals surface area contributed by atoms with Crippen LogP contribution in [0, 0.1) is 5.92 Å². The van der Waals surface area contributed by atoms with Gasteiger partial charge in [-0.2, -0.15) is 0 Å². The lowest BCUT2D eigenvalue weighted by molar-refractivity contribution is -0.150. The van der Waals surface area contributed by atoms with Crippen LogP contribution in [0.1, 0.15) is 52.0 Å². The lowest BCUT2D eigenvalue weighted by Crippen LogP contribution is -2.48. The maximum atomic E-state index is 12.6. The van der Waals surface area contributed by atoms with E-state index in [1.54, 1.807) is 0 Å². The minimum atomic E-state index is -0.276. The van der Waals surface area contributed by atoms with Crippen LogP contribution in [0.15, 0.2) is 24.3 Å². The highest BCUT2D eigenvalue weighted by molar-refractivity contribution is 5.94. The first-order valence-electron chi connectivity index (χ1n) is 9.23. The zero-order valence-corrected chi connectivity index (χ0v) is 15.7. The number of nitrogens with zero attached hydrogens (tertiary/aromatic N) is 1. The molecule has 0 aromatic heterocycles. The molecule has 0 bridgehead atoms. The van der Waals surface area contributed by atoms with Gasteiger partial charge in [-0.15, -0.1) is 0 Å². The van der Waals surface area contributed by atoms with E-state index in [9.17, 15) is 9.59 Å². The van der Waals surface area contributed by atoms with Crippen LogP contribution in [0.25, 0.3) is 0 Å². The molecule has 2 atom stereocenters. The zero-order valence-electron chi connectivity index (χ0n) is 15.7. The third-order valence-corrected chi connectivity index (χ3v) is 4.84. The van der Waals surface area contributed by atoms with Gasteiger partial charge in [0.1, 0.15) is 0 Å². The van der Waals surface area contributed by atoms with E-state index in [1.807, 2.05) is 38.1 Å². The van der Waals surface area contributed by atoms with Crippen LogP contribution in [0.5, 0.6) is 0 Å². The van der Waals surface area contributed by atoms with Crippen LogP contribution < -0.4 is 5.32 Å². The van der Waals surface area contributed by atoms with Crippen molar-refractivity contribution in [2.75, 3.05) is 25.0 Å². The normalized spacial score (nSPS) is 19.5. The van der Waals surface area contributed by atoms with E-state index >= 15 is 0 Å². The second-order valence-electron chi connectivity index (χ2n) is 7.03. The number of anilines is 1. The molecule has 1 aliphatic rings. The number of esters is 1. The second kappa shape index (κ2) is 8.99. The Hall–Kier alpha value is -1.88. The number of likely N-dealkylation sites (tertiary alicyclic amines) is 1. The Kier molecular flexibility index (Phi) is 7.00. The number of carbonyl (C=O) groups excluding carboxylic acids is 2. The van der Waals surface area contributed by atoms with E-state index in [4.69, 9.17) is 4.74 Å². The molecule has 25 heavy (non-hydrogen) atoms. The molecule has 1 N–H and O–H groups in total. The molecule has 0 radical (unpaired) electrons. The number of amides is 1. The highest BCUT2D eigenvalue weighted by atomic mass is 16.5. The van der Waals surface area contributed by atoms with Crippen LogP contribution in [-0.4, -0.2) is 42.5 Å². The maximum absolute atomic E-state index is 12.6. The van der Waals surface area contributed by atoms with Gasteiger partial charge in [-0.1, -0.05) is 26.0 Å². The Morgan fingerprint density at radius 3 is 2.52 bits per heavy atom. The first-order chi connectivity index (χ1) is 11.9. The molecule has 138 valence electrons. The van der Waals surface area contributed by atoms with Gasteiger partial charge in [-0.25, -0.2) is 0 Å². The molecule has 0 spiro atoms. The summed E-state index contributed by atoms with van der Waals surface area (Å²) in [5, 5.41) is 2.98. The molecule has 1 fully saturated rings. The molecular weight excluding hydrogens is 316 g/mol. The summed E-state index contributed by atoms with van der Waals surface area (Å²) in [7, 11) is 0. The van der Waals surface area contributed by atoms with Gasteiger partial charge in [0.15, 0.2) is 0 Å². The van der Waals surface area contributed by atoms with Gasteiger partial charge < -0.3 is 10.1 Å². The van der Waals surface area contributed by atoms with Gasteiger partial charge in [0.25, 0.3) is 0 Å². The summed E-state index contributed by atoms with van der Waals surface area (Å²) in [5.41, 5.74) is 2.06. The van der Waals surface area contributed by atoms with Crippen LogP contribution in [0.4, 0.5) is 5.69 Å². The minimum Gasteiger partial charge on any atom is -0.466 e. The van der Waals surface area contributed by atoms with Gasteiger partial charge in [-0.3, -0.25) is 14.5 Å². The topological polar surface area (TPSA) is 58.6 Å². The number of ether oxygens (including phenoxy) is 1. The molecule has 5 heteroatoms. The summed E-state index contributed by atoms with van der Waals surface area (Å²) in [6, 6.07) is 7.70. The predicted octanol–water partition coefficient (Wildman–Crippen LogP) is 3.41. The largest absolute Gasteiger partial charge is 0.466 e. The average molecular weight is 346 g/mol. The molecular formula is C20H30N2O3. The fraction of sp³-hybridized carbons (Fsp3) is 0.600. The first-order valence-corrected chi connectivity index (χ1v) is 9.23. The monoisotopic (exact) mass is 346 g/mol. The van der Waals surface area contributed by atoms with E-state index in [1.165, 1.54) is 5.56 Å². The van der Waals surface area contributed by atoms with Crippen molar-refractivity contribution >= 4 is 17.6 Å². The van der Waals surface area contributed by atoms with Gasteiger partial charge in [-0.05, 0) is 56.8 Å². The third-order valence-electron chi connectivity index (χ3n) is 4.84. The van der Waals surface area contributed by atoms with Crippen LogP contribution in [0.3, 0.4) is 0 Å². The van der Waals surface area contributed by atoms with Crippen molar-refractivity contribution in [1.29, 1.82) is 0 Å². The molecule has 2 rings (SSSR count). The van der Waals surface area contributed by atoms with E-state index < -0.39 is 0 Å². The molecule has 0 saturated carbocycles. The third kappa shape index (κ3) is 5.30. The summed E-state index contributed by atoms with van der Waals surface area (Å²) < 4.78 is 5.13. The zero-order chi connectivity index (χ0) is 18.4. The van der Waals surface area contributed by atoms with Crippen molar-refractivity contribution in [2.45, 2.75) is 52.5 Å². The van der Waals surface area contributed by atoms with Gasteiger partial charge >= 0.3 is 5.97 Å². The number of hydrogen-bond donors (Lipinski definition) is 1. The summed E-state index contributed by atoms with van der Waals surface area (Å²) in [5.74, 6) is 0.150. The molecule has 0 unspecified atom stereocenters. The minimum absolute atomic E-state index is 0.0400. The lowest BCUT2D eigenvalue weighted by Gasteiger charge is -2.35. The lowest BCUT2D eigenvalue weighted by atomic mass is 9.97. The van der Waals surface area contributed by atoms with Gasteiger partial charge in [0.05, 0.1) is 18.6 Å². The molecule has 5 nitrogen and oxygen atoms in total. The van der Waals surface area contributed by atoms with Crippen LogP contribution in [-0.2, 0) is 14.3 Å². The Bertz CT molecular complexity index is 583. The summed E-state index contributed by atoms with van der Waals surface area (Å²) in [4.78, 5) is 26.6. The van der Waals surface area contributed by atoms with Crippen molar-refractivity contribution in [3.8, 4) is 0 Å². The maximum Gasteiger partial charge on any atom is 0.310 e. The number of piperidine rings is 1. The fourth-order valence-electron chi connectivity index (χ4n) is 3.17. The number of benzene rings is 1. The summed E-state index contributed by atoms with van der Waals surface area (Å²) in [6.45, 7) is 9.82. The quantitative estimate of drug-likeness (QED) is 0.802. The van der Waals surface area contributed by atoms with Crippen molar-refractivity contribution in [3.05, 3.63) is 29.8 Å². The number of rotatable bonds is 6. The molecule has 1 aromatic carbocycles. The van der Waals surface area contributed by atoms with Crippen molar-refractivity contribution in [3.63, 3.8) is 0 Å². The van der Waals surface area contributed by atoms with E-state index in [0.717, 1.165) is 25.1 Å². The van der Waals surface area contributed by atoms with Crippen LogP contribution >= 0.6 is 0 Å². The SMILES string of the molecule is CCOC(=O)[C@@H]1CCCN([C@@H](C)C(=O)Nc2ccc(C(C)C)cc2)C1. The Morgan fingerprint density at radius 1 is 1.24 bits per heavy atom. The molecule has 1 amide bonds. The molecule has 1 aromatic rings. The van der Waals surface area contributed by atoms with E-state index in [-0.39, 0.29) is 23.8 Å². The second-order valence-corrected chi connectivity index (χ2v) is 7.03. The molecule has 0 aliphatic carbocycles. The summed E-state index contributed by atoms with van der Waals surface area (Å²) >= 11 is 0.